The SMILES string of the molecule is COc1ccc(Br)cc1Nc1ccc(N)nc1. The maximum absolute atomic E-state index is 5.53. The molecule has 1 heterocycles. The number of hydrogen-bond acceptors (Lipinski definition) is 4. The van der Waals surface area contributed by atoms with Crippen molar-refractivity contribution >= 4 is 33.1 Å². The van der Waals surface area contributed by atoms with E-state index in [0.29, 0.717) is 5.82 Å². The fourth-order valence-corrected chi connectivity index (χ4v) is 1.77. The van der Waals surface area contributed by atoms with Crippen LogP contribution in [-0.2, 0) is 0 Å². The first-order valence-electron chi connectivity index (χ1n) is 5.01. The van der Waals surface area contributed by atoms with Gasteiger partial charge in [-0.15, -0.1) is 0 Å². The van der Waals surface area contributed by atoms with E-state index in [1.807, 2.05) is 24.3 Å². The molecule has 0 aliphatic rings. The number of halogens is 1. The number of nitrogens with one attached hydrogen (secondary N) is 1. The Morgan fingerprint density at radius 1 is 1.29 bits per heavy atom. The molecule has 4 nitrogen and oxygen atoms in total. The molecule has 5 heteroatoms. The van der Waals surface area contributed by atoms with Crippen LogP contribution in [0.15, 0.2) is 41.0 Å². The van der Waals surface area contributed by atoms with Gasteiger partial charge in [-0.25, -0.2) is 4.98 Å². The molecule has 0 atom stereocenters. The summed E-state index contributed by atoms with van der Waals surface area (Å²) < 4.78 is 6.24. The van der Waals surface area contributed by atoms with Crippen molar-refractivity contribution in [3.8, 4) is 5.75 Å². The minimum absolute atomic E-state index is 0.497. The first kappa shape index (κ1) is 11.7. The van der Waals surface area contributed by atoms with Crippen molar-refractivity contribution in [3.63, 3.8) is 0 Å². The van der Waals surface area contributed by atoms with Gasteiger partial charge in [0, 0.05) is 4.47 Å². The number of nitrogen functional groups attached to an aromatic ring is 1. The molecular weight excluding hydrogens is 282 g/mol. The standard InChI is InChI=1S/C12H12BrN3O/c1-17-11-4-2-8(13)6-10(11)16-9-3-5-12(14)15-7-9/h2-7,16H,1H3,(H2,14,15). The first-order valence-corrected chi connectivity index (χ1v) is 5.80. The van der Waals surface area contributed by atoms with E-state index >= 15 is 0 Å². The molecule has 1 aromatic heterocycles. The highest BCUT2D eigenvalue weighted by atomic mass is 79.9. The minimum Gasteiger partial charge on any atom is -0.495 e. The van der Waals surface area contributed by atoms with Crippen LogP contribution in [0.1, 0.15) is 0 Å². The van der Waals surface area contributed by atoms with Crippen LogP contribution in [0, 0.1) is 0 Å². The van der Waals surface area contributed by atoms with Crippen LogP contribution in [0.2, 0.25) is 0 Å². The van der Waals surface area contributed by atoms with Crippen LogP contribution in [0.25, 0.3) is 0 Å². The molecule has 0 unspecified atom stereocenters. The lowest BCUT2D eigenvalue weighted by molar-refractivity contribution is 0.417. The summed E-state index contributed by atoms with van der Waals surface area (Å²) >= 11 is 3.42. The van der Waals surface area contributed by atoms with Crippen molar-refractivity contribution in [1.82, 2.24) is 4.98 Å². The summed E-state index contributed by atoms with van der Waals surface area (Å²) in [5.41, 5.74) is 7.26. The third kappa shape index (κ3) is 2.88. The monoisotopic (exact) mass is 293 g/mol. The average Bonchev–Trinajstić information content (AvgIpc) is 2.32. The molecule has 1 aromatic carbocycles. The van der Waals surface area contributed by atoms with Gasteiger partial charge in [0.05, 0.1) is 24.7 Å². The molecule has 2 aromatic rings. The van der Waals surface area contributed by atoms with Gasteiger partial charge in [-0.05, 0) is 30.3 Å². The molecule has 0 amide bonds. The quantitative estimate of drug-likeness (QED) is 0.912. The molecule has 17 heavy (non-hydrogen) atoms. The largest absolute Gasteiger partial charge is 0.495 e. The Balaban J connectivity index is 2.28. The smallest absolute Gasteiger partial charge is 0.142 e. The number of pyridine rings is 1. The van der Waals surface area contributed by atoms with Crippen LogP contribution >= 0.6 is 15.9 Å². The molecule has 0 saturated heterocycles. The Kier molecular flexibility index (Phi) is 3.49. The van der Waals surface area contributed by atoms with Gasteiger partial charge in [0.15, 0.2) is 0 Å². The summed E-state index contributed by atoms with van der Waals surface area (Å²) in [6.07, 6.45) is 1.68. The number of rotatable bonds is 3. The maximum atomic E-state index is 5.53. The molecule has 3 N–H and O–H groups in total. The van der Waals surface area contributed by atoms with E-state index in [2.05, 4.69) is 26.2 Å². The van der Waals surface area contributed by atoms with Crippen LogP contribution in [-0.4, -0.2) is 12.1 Å². The van der Waals surface area contributed by atoms with Crippen molar-refractivity contribution in [2.24, 2.45) is 0 Å². The van der Waals surface area contributed by atoms with E-state index < -0.39 is 0 Å². The number of anilines is 3. The number of methoxy groups -OCH3 is 1. The Labute approximate surface area is 108 Å². The van der Waals surface area contributed by atoms with Gasteiger partial charge in [0.25, 0.3) is 0 Å². The zero-order valence-corrected chi connectivity index (χ0v) is 10.9. The lowest BCUT2D eigenvalue weighted by atomic mass is 10.3. The van der Waals surface area contributed by atoms with E-state index in [0.717, 1.165) is 21.6 Å². The lowest BCUT2D eigenvalue weighted by Crippen LogP contribution is -1.96. The molecule has 0 aliphatic heterocycles. The normalized spacial score (nSPS) is 10.0. The van der Waals surface area contributed by atoms with E-state index in [-0.39, 0.29) is 0 Å². The Morgan fingerprint density at radius 3 is 2.76 bits per heavy atom. The molecule has 88 valence electrons. The number of nitrogens with zero attached hydrogens (tertiary/aromatic N) is 1. The van der Waals surface area contributed by atoms with Crippen molar-refractivity contribution in [2.75, 3.05) is 18.2 Å². The van der Waals surface area contributed by atoms with E-state index in [1.54, 1.807) is 19.4 Å². The summed E-state index contributed by atoms with van der Waals surface area (Å²) in [5.74, 6) is 1.27. The Hall–Kier alpha value is -1.75. The molecule has 0 radical (unpaired) electrons. The van der Waals surface area contributed by atoms with Gasteiger partial charge < -0.3 is 15.8 Å². The van der Waals surface area contributed by atoms with Gasteiger partial charge in [0.2, 0.25) is 0 Å². The number of hydrogen-bond donors (Lipinski definition) is 2. The van der Waals surface area contributed by atoms with Crippen LogP contribution < -0.4 is 15.8 Å². The number of benzene rings is 1. The van der Waals surface area contributed by atoms with E-state index in [1.165, 1.54) is 0 Å². The second-order valence-electron chi connectivity index (χ2n) is 3.44. The molecule has 0 fully saturated rings. The molecule has 0 aliphatic carbocycles. The second-order valence-corrected chi connectivity index (χ2v) is 4.36. The molecular formula is C12H12BrN3O. The zero-order valence-electron chi connectivity index (χ0n) is 9.27. The fourth-order valence-electron chi connectivity index (χ4n) is 1.41. The Bertz CT molecular complexity index is 514. The molecule has 2 rings (SSSR count). The molecule has 0 saturated carbocycles. The summed E-state index contributed by atoms with van der Waals surface area (Å²) in [4.78, 5) is 4.02. The van der Waals surface area contributed by atoms with Crippen molar-refractivity contribution in [2.45, 2.75) is 0 Å². The van der Waals surface area contributed by atoms with E-state index in [4.69, 9.17) is 10.5 Å². The van der Waals surface area contributed by atoms with Gasteiger partial charge >= 0.3 is 0 Å². The third-order valence-corrected chi connectivity index (χ3v) is 2.72. The van der Waals surface area contributed by atoms with Crippen LogP contribution in [0.5, 0.6) is 5.75 Å². The van der Waals surface area contributed by atoms with Gasteiger partial charge in [-0.2, -0.15) is 0 Å². The lowest BCUT2D eigenvalue weighted by Gasteiger charge is -2.11. The van der Waals surface area contributed by atoms with Crippen LogP contribution in [0.3, 0.4) is 0 Å². The van der Waals surface area contributed by atoms with Gasteiger partial charge in [-0.1, -0.05) is 15.9 Å². The van der Waals surface area contributed by atoms with Crippen molar-refractivity contribution in [1.29, 1.82) is 0 Å². The topological polar surface area (TPSA) is 60.2 Å². The number of aromatic nitrogens is 1. The minimum atomic E-state index is 0.497. The maximum Gasteiger partial charge on any atom is 0.142 e. The zero-order chi connectivity index (χ0) is 12.3. The van der Waals surface area contributed by atoms with Gasteiger partial charge in [0.1, 0.15) is 11.6 Å². The van der Waals surface area contributed by atoms with Crippen molar-refractivity contribution < 1.29 is 4.74 Å². The highest BCUT2D eigenvalue weighted by molar-refractivity contribution is 9.10. The average molecular weight is 294 g/mol. The van der Waals surface area contributed by atoms with Crippen molar-refractivity contribution in [3.05, 3.63) is 41.0 Å². The van der Waals surface area contributed by atoms with Crippen LogP contribution in [0.4, 0.5) is 17.2 Å². The summed E-state index contributed by atoms with van der Waals surface area (Å²) in [5, 5.41) is 3.22. The predicted octanol–water partition coefficient (Wildman–Crippen LogP) is 3.18. The molecule has 0 spiro atoms. The van der Waals surface area contributed by atoms with E-state index in [9.17, 15) is 0 Å². The summed E-state index contributed by atoms with van der Waals surface area (Å²) in [6, 6.07) is 9.35. The number of ether oxygens (including phenoxy) is 1. The predicted molar refractivity (Wildman–Crippen MR) is 72.6 cm³/mol. The Morgan fingerprint density at radius 2 is 2.12 bits per heavy atom. The van der Waals surface area contributed by atoms with Gasteiger partial charge in [-0.3, -0.25) is 0 Å². The molecule has 0 bridgehead atoms. The third-order valence-electron chi connectivity index (χ3n) is 2.23. The highest BCUT2D eigenvalue weighted by Crippen LogP contribution is 2.30. The fraction of sp³-hybridized carbons (Fsp3) is 0.0833. The number of nitrogens with two attached hydrogens (primary N) is 1. The highest BCUT2D eigenvalue weighted by Gasteiger charge is 2.04. The summed E-state index contributed by atoms with van der Waals surface area (Å²) in [6.45, 7) is 0. The summed E-state index contributed by atoms with van der Waals surface area (Å²) in [7, 11) is 1.63. The first-order chi connectivity index (χ1) is 8.19. The second kappa shape index (κ2) is 5.05.